The van der Waals surface area contributed by atoms with E-state index in [1.807, 2.05) is 48.6 Å². The highest BCUT2D eigenvalue weighted by atomic mass is 35.5. The average molecular weight is 344 g/mol. The van der Waals surface area contributed by atoms with Gasteiger partial charge in [-0.25, -0.2) is 0 Å². The minimum atomic E-state index is -0.204. The predicted molar refractivity (Wildman–Crippen MR) is 96.0 cm³/mol. The van der Waals surface area contributed by atoms with Crippen molar-refractivity contribution in [2.45, 2.75) is 6.04 Å². The van der Waals surface area contributed by atoms with Crippen molar-refractivity contribution in [2.75, 3.05) is 4.90 Å². The summed E-state index contributed by atoms with van der Waals surface area (Å²) < 4.78 is 0. The van der Waals surface area contributed by atoms with Crippen LogP contribution in [0.2, 0.25) is 10.0 Å². The Morgan fingerprint density at radius 3 is 2.09 bits per heavy atom. The molecule has 1 aliphatic heterocycles. The van der Waals surface area contributed by atoms with E-state index in [9.17, 15) is 4.79 Å². The molecule has 0 bridgehead atoms. The molecule has 23 heavy (non-hydrogen) atoms. The highest BCUT2D eigenvalue weighted by Gasteiger charge is 2.47. The second kappa shape index (κ2) is 6.61. The summed E-state index contributed by atoms with van der Waals surface area (Å²) in [6, 6.07) is 14.8. The van der Waals surface area contributed by atoms with E-state index < -0.39 is 0 Å². The second-order valence-electron chi connectivity index (χ2n) is 5.33. The first-order valence-corrected chi connectivity index (χ1v) is 8.01. The van der Waals surface area contributed by atoms with Gasteiger partial charge in [-0.2, -0.15) is 0 Å². The number of hydrogen-bond acceptors (Lipinski definition) is 1. The van der Waals surface area contributed by atoms with Gasteiger partial charge in [0.25, 0.3) is 0 Å². The van der Waals surface area contributed by atoms with Gasteiger partial charge in [-0.3, -0.25) is 4.79 Å². The molecule has 2 nitrogen and oxygen atoms in total. The molecule has 1 saturated heterocycles. The fourth-order valence-electron chi connectivity index (χ4n) is 2.80. The van der Waals surface area contributed by atoms with Crippen LogP contribution in [-0.4, -0.2) is 5.91 Å². The Morgan fingerprint density at radius 1 is 0.957 bits per heavy atom. The number of benzene rings is 2. The van der Waals surface area contributed by atoms with Crippen molar-refractivity contribution in [2.24, 2.45) is 5.92 Å². The molecule has 0 saturated carbocycles. The monoisotopic (exact) mass is 343 g/mol. The zero-order valence-electron chi connectivity index (χ0n) is 12.3. The molecular weight excluding hydrogens is 329 g/mol. The van der Waals surface area contributed by atoms with Crippen LogP contribution >= 0.6 is 23.2 Å². The molecule has 116 valence electrons. The first-order chi connectivity index (χ1) is 11.1. The van der Waals surface area contributed by atoms with Gasteiger partial charge in [0.15, 0.2) is 0 Å². The Bertz CT molecular complexity index is 750. The molecule has 2 aromatic carbocycles. The molecule has 0 radical (unpaired) electrons. The lowest BCUT2D eigenvalue weighted by Gasteiger charge is -2.46. The molecule has 0 N–H and O–H groups in total. The summed E-state index contributed by atoms with van der Waals surface area (Å²) in [4.78, 5) is 14.4. The van der Waals surface area contributed by atoms with E-state index in [1.54, 1.807) is 23.1 Å². The van der Waals surface area contributed by atoms with E-state index in [-0.39, 0.29) is 17.9 Å². The number of hydrogen-bond donors (Lipinski definition) is 0. The normalized spacial score (nSPS) is 20.6. The minimum Gasteiger partial charge on any atom is -0.303 e. The van der Waals surface area contributed by atoms with Gasteiger partial charge < -0.3 is 4.90 Å². The van der Waals surface area contributed by atoms with E-state index >= 15 is 0 Å². The molecule has 1 aliphatic rings. The van der Waals surface area contributed by atoms with Gasteiger partial charge in [0, 0.05) is 15.7 Å². The maximum Gasteiger partial charge on any atom is 0.236 e. The zero-order chi connectivity index (χ0) is 16.4. The first-order valence-electron chi connectivity index (χ1n) is 7.25. The van der Waals surface area contributed by atoms with Crippen molar-refractivity contribution in [1.29, 1.82) is 0 Å². The summed E-state index contributed by atoms with van der Waals surface area (Å²) in [6.45, 7) is 3.67. The number of rotatable bonds is 4. The van der Waals surface area contributed by atoms with Gasteiger partial charge in [-0.1, -0.05) is 60.1 Å². The second-order valence-corrected chi connectivity index (χ2v) is 6.20. The van der Waals surface area contributed by atoms with Crippen LogP contribution in [0.3, 0.4) is 0 Å². The highest BCUT2D eigenvalue weighted by molar-refractivity contribution is 6.31. The standard InChI is InChI=1S/C19H15Cl2NO/c1-2-3-4-17-18(13-5-7-14(20)8-6-13)22(19(17)23)16-11-9-15(21)10-12-16/h2-12,17-18H,1H2/b4-3+/t17-,18-/m0/s1. The molecule has 1 fully saturated rings. The van der Waals surface area contributed by atoms with E-state index in [0.29, 0.717) is 10.0 Å². The minimum absolute atomic E-state index is 0.0582. The van der Waals surface area contributed by atoms with Crippen LogP contribution < -0.4 is 4.90 Å². The highest BCUT2D eigenvalue weighted by Crippen LogP contribution is 2.44. The number of nitrogens with zero attached hydrogens (tertiary/aromatic N) is 1. The lowest BCUT2D eigenvalue weighted by molar-refractivity contribution is -0.128. The number of carbonyl (C=O) groups is 1. The van der Waals surface area contributed by atoms with Gasteiger partial charge in [0.2, 0.25) is 5.91 Å². The fourth-order valence-corrected chi connectivity index (χ4v) is 3.05. The first kappa shape index (κ1) is 15.9. The third-order valence-corrected chi connectivity index (χ3v) is 4.42. The van der Waals surface area contributed by atoms with Crippen LogP contribution in [0.25, 0.3) is 0 Å². The zero-order valence-corrected chi connectivity index (χ0v) is 13.8. The summed E-state index contributed by atoms with van der Waals surface area (Å²) in [5, 5.41) is 1.32. The smallest absolute Gasteiger partial charge is 0.236 e. The Labute approximate surface area is 145 Å². The van der Waals surface area contributed by atoms with Crippen LogP contribution in [-0.2, 0) is 4.79 Å². The van der Waals surface area contributed by atoms with Crippen LogP contribution in [0, 0.1) is 5.92 Å². The fraction of sp³-hybridized carbons (Fsp3) is 0.105. The molecular formula is C19H15Cl2NO. The van der Waals surface area contributed by atoms with Gasteiger partial charge in [0.05, 0.1) is 12.0 Å². The van der Waals surface area contributed by atoms with Crippen LogP contribution in [0.15, 0.2) is 73.3 Å². The van der Waals surface area contributed by atoms with Gasteiger partial charge >= 0.3 is 0 Å². The molecule has 3 rings (SSSR count). The Hall–Kier alpha value is -2.03. The van der Waals surface area contributed by atoms with Crippen molar-refractivity contribution >= 4 is 34.8 Å². The van der Waals surface area contributed by atoms with Crippen molar-refractivity contribution in [3.05, 3.63) is 88.9 Å². The van der Waals surface area contributed by atoms with E-state index in [0.717, 1.165) is 11.3 Å². The molecule has 0 spiro atoms. The predicted octanol–water partition coefficient (Wildman–Crippen LogP) is 5.44. The summed E-state index contributed by atoms with van der Waals surface area (Å²) in [5.41, 5.74) is 1.88. The van der Waals surface area contributed by atoms with Crippen molar-refractivity contribution in [3.63, 3.8) is 0 Å². The van der Waals surface area contributed by atoms with Gasteiger partial charge in [-0.05, 0) is 42.0 Å². The van der Waals surface area contributed by atoms with E-state index in [2.05, 4.69) is 6.58 Å². The molecule has 0 aromatic heterocycles. The van der Waals surface area contributed by atoms with Gasteiger partial charge in [0.1, 0.15) is 0 Å². The SMILES string of the molecule is C=C/C=C/[C@@H]1C(=O)N(c2ccc(Cl)cc2)[C@H]1c1ccc(Cl)cc1. The molecule has 2 aromatic rings. The molecule has 4 heteroatoms. The van der Waals surface area contributed by atoms with E-state index in [1.165, 1.54) is 0 Å². The number of carbonyl (C=O) groups excluding carboxylic acids is 1. The van der Waals surface area contributed by atoms with Gasteiger partial charge in [-0.15, -0.1) is 0 Å². The van der Waals surface area contributed by atoms with Crippen molar-refractivity contribution < 1.29 is 4.79 Å². The summed E-state index contributed by atoms with van der Waals surface area (Å²) in [6.07, 6.45) is 5.38. The van der Waals surface area contributed by atoms with Crippen LogP contribution in [0.5, 0.6) is 0 Å². The largest absolute Gasteiger partial charge is 0.303 e. The van der Waals surface area contributed by atoms with Crippen molar-refractivity contribution in [3.8, 4) is 0 Å². The van der Waals surface area contributed by atoms with Crippen LogP contribution in [0.4, 0.5) is 5.69 Å². The topological polar surface area (TPSA) is 20.3 Å². The third kappa shape index (κ3) is 3.05. The Morgan fingerprint density at radius 2 is 1.52 bits per heavy atom. The quantitative estimate of drug-likeness (QED) is 0.534. The lowest BCUT2D eigenvalue weighted by atomic mass is 9.81. The summed E-state index contributed by atoms with van der Waals surface area (Å²) >= 11 is 11.9. The Kier molecular flexibility index (Phi) is 4.56. The lowest BCUT2D eigenvalue weighted by Crippen LogP contribution is -2.54. The average Bonchev–Trinajstić information content (AvgIpc) is 2.56. The summed E-state index contributed by atoms with van der Waals surface area (Å²) in [7, 11) is 0. The number of amides is 1. The molecule has 0 aliphatic carbocycles. The number of allylic oxidation sites excluding steroid dienone is 2. The van der Waals surface area contributed by atoms with Crippen molar-refractivity contribution in [1.82, 2.24) is 0 Å². The maximum atomic E-state index is 12.6. The molecule has 0 unspecified atom stereocenters. The number of anilines is 1. The van der Waals surface area contributed by atoms with E-state index in [4.69, 9.17) is 23.2 Å². The number of halogens is 2. The summed E-state index contributed by atoms with van der Waals surface area (Å²) in [5.74, 6) is -0.143. The Balaban J connectivity index is 1.98. The van der Waals surface area contributed by atoms with Crippen LogP contribution in [0.1, 0.15) is 11.6 Å². The maximum absolute atomic E-state index is 12.6. The third-order valence-electron chi connectivity index (χ3n) is 3.91. The molecule has 1 heterocycles. The number of β-lactam (4-membered cyclic amide) rings is 1. The molecule has 2 atom stereocenters. The molecule has 1 amide bonds.